The summed E-state index contributed by atoms with van der Waals surface area (Å²) in [4.78, 5) is 0. The van der Waals surface area contributed by atoms with E-state index >= 15 is 0 Å². The fraction of sp³-hybridized carbons (Fsp3) is 0.636. The molecular formula is C22H35ClN3S+. The molecule has 1 aromatic carbocycles. The highest BCUT2D eigenvalue weighted by Gasteiger charge is 2.18. The highest BCUT2D eigenvalue weighted by Crippen LogP contribution is 2.18. The molecule has 1 heterocycles. The monoisotopic (exact) mass is 408 g/mol. The van der Waals surface area contributed by atoms with Crippen molar-refractivity contribution in [3.05, 3.63) is 40.7 Å². The number of aryl methyl sites for hydroxylation is 2. The fourth-order valence-corrected chi connectivity index (χ4v) is 3.91. The first-order valence-electron chi connectivity index (χ1n) is 10.6. The zero-order chi connectivity index (χ0) is 19.5. The molecule has 3 nitrogen and oxygen atoms in total. The summed E-state index contributed by atoms with van der Waals surface area (Å²) in [6, 6.07) is 6.09. The van der Waals surface area contributed by atoms with Crippen molar-refractivity contribution in [2.75, 3.05) is 0 Å². The molecule has 0 aliphatic rings. The molecule has 27 heavy (non-hydrogen) atoms. The van der Waals surface area contributed by atoms with Crippen molar-refractivity contribution in [2.24, 2.45) is 0 Å². The lowest BCUT2D eigenvalue weighted by Crippen LogP contribution is -2.41. The Kier molecular flexibility index (Phi) is 10.3. The maximum absolute atomic E-state index is 6.29. The largest absolute Gasteiger partial charge is 0.211 e. The third-order valence-electron chi connectivity index (χ3n) is 5.20. The molecule has 0 fully saturated rings. The molecule has 0 N–H and O–H groups in total. The Labute approximate surface area is 175 Å². The van der Waals surface area contributed by atoms with Gasteiger partial charge in [0.15, 0.2) is 11.4 Å². The minimum Gasteiger partial charge on any atom is -0.112 e. The zero-order valence-electron chi connectivity index (χ0n) is 17.0. The SMILES string of the molecule is CCCCCCCCCCCCCc1cnn(S)[n+]1-c1ccc(C)c(Cl)c1. The third kappa shape index (κ3) is 7.50. The first-order valence-corrected chi connectivity index (χ1v) is 11.4. The number of benzene rings is 1. The van der Waals surface area contributed by atoms with Gasteiger partial charge in [0, 0.05) is 34.5 Å². The highest BCUT2D eigenvalue weighted by molar-refractivity contribution is 7.78. The van der Waals surface area contributed by atoms with Gasteiger partial charge < -0.3 is 0 Å². The molecule has 1 aromatic heterocycles. The molecule has 0 saturated carbocycles. The van der Waals surface area contributed by atoms with Crippen molar-refractivity contribution in [2.45, 2.75) is 90.9 Å². The summed E-state index contributed by atoms with van der Waals surface area (Å²) >= 11 is 10.7. The molecular weight excluding hydrogens is 374 g/mol. The van der Waals surface area contributed by atoms with Crippen LogP contribution in [0.4, 0.5) is 0 Å². The van der Waals surface area contributed by atoms with E-state index in [0.29, 0.717) is 0 Å². The van der Waals surface area contributed by atoms with Crippen LogP contribution in [0.1, 0.15) is 88.8 Å². The number of nitrogens with zero attached hydrogens (tertiary/aromatic N) is 3. The molecule has 0 saturated heterocycles. The van der Waals surface area contributed by atoms with E-state index in [4.69, 9.17) is 11.6 Å². The van der Waals surface area contributed by atoms with Crippen LogP contribution >= 0.6 is 24.4 Å². The number of halogens is 1. The summed E-state index contributed by atoms with van der Waals surface area (Å²) < 4.78 is 3.62. The summed E-state index contributed by atoms with van der Waals surface area (Å²) in [7, 11) is 0. The average molecular weight is 409 g/mol. The summed E-state index contributed by atoms with van der Waals surface area (Å²) in [5.74, 6) is 0. The normalized spacial score (nSPS) is 11.3. The van der Waals surface area contributed by atoms with Gasteiger partial charge in [-0.3, -0.25) is 0 Å². The van der Waals surface area contributed by atoms with Crippen molar-refractivity contribution < 1.29 is 4.68 Å². The Morgan fingerprint density at radius 2 is 1.56 bits per heavy atom. The number of hydrogen-bond donors (Lipinski definition) is 1. The van der Waals surface area contributed by atoms with Gasteiger partial charge >= 0.3 is 0 Å². The number of unbranched alkanes of at least 4 members (excludes halogenated alkanes) is 10. The summed E-state index contributed by atoms with van der Waals surface area (Å²) in [5, 5.41) is 5.09. The molecule has 0 radical (unpaired) electrons. The lowest BCUT2D eigenvalue weighted by Gasteiger charge is -2.05. The van der Waals surface area contributed by atoms with Crippen LogP contribution in [0, 0.1) is 6.92 Å². The summed E-state index contributed by atoms with van der Waals surface area (Å²) in [6.07, 6.45) is 17.9. The van der Waals surface area contributed by atoms with Gasteiger partial charge in [-0.05, 0) is 25.0 Å². The maximum atomic E-state index is 6.29. The van der Waals surface area contributed by atoms with Crippen LogP contribution in [0.25, 0.3) is 5.69 Å². The number of aromatic nitrogens is 3. The first-order chi connectivity index (χ1) is 13.1. The number of rotatable bonds is 13. The second kappa shape index (κ2) is 12.5. The van der Waals surface area contributed by atoms with E-state index < -0.39 is 0 Å². The predicted molar refractivity (Wildman–Crippen MR) is 118 cm³/mol. The fourth-order valence-electron chi connectivity index (χ4n) is 3.46. The van der Waals surface area contributed by atoms with E-state index in [0.717, 1.165) is 22.7 Å². The molecule has 5 heteroatoms. The van der Waals surface area contributed by atoms with E-state index in [1.165, 1.54) is 76.3 Å². The second-order valence-corrected chi connectivity index (χ2v) is 8.30. The number of thiol groups is 1. The average Bonchev–Trinajstić information content (AvgIpc) is 3.02. The van der Waals surface area contributed by atoms with Crippen molar-refractivity contribution in [3.8, 4) is 5.69 Å². The molecule has 2 rings (SSSR count). The molecule has 2 aromatic rings. The highest BCUT2D eigenvalue weighted by atomic mass is 35.5. The predicted octanol–water partition coefficient (Wildman–Crippen LogP) is 6.67. The third-order valence-corrected chi connectivity index (χ3v) is 5.89. The van der Waals surface area contributed by atoms with Crippen molar-refractivity contribution >= 4 is 24.4 Å². The molecule has 0 amide bonds. The van der Waals surface area contributed by atoms with Gasteiger partial charge in [0.1, 0.15) is 0 Å². The standard InChI is InChI=1S/C22H35ClN3S/c1-3-4-5-6-7-8-9-10-11-12-13-14-21-18-24-26(27)25(21)20-16-15-19(2)22(23)17-20/h15-18H,3-14H2,1-2H3,(H,24,27)/q+1. The Morgan fingerprint density at radius 1 is 0.963 bits per heavy atom. The number of hydrogen-bond acceptors (Lipinski definition) is 2. The Balaban J connectivity index is 1.69. The molecule has 0 aliphatic carbocycles. The Morgan fingerprint density at radius 3 is 2.15 bits per heavy atom. The van der Waals surface area contributed by atoms with Gasteiger partial charge in [-0.25, -0.2) is 0 Å². The first kappa shape index (κ1) is 22.3. The van der Waals surface area contributed by atoms with E-state index in [2.05, 4.69) is 30.9 Å². The van der Waals surface area contributed by atoms with Crippen LogP contribution in [-0.4, -0.2) is 9.30 Å². The Bertz CT molecular complexity index is 684. The second-order valence-electron chi connectivity index (χ2n) is 7.54. The van der Waals surface area contributed by atoms with E-state index in [1.54, 1.807) is 4.20 Å². The smallest absolute Gasteiger partial charge is 0.112 e. The van der Waals surface area contributed by atoms with E-state index in [1.807, 2.05) is 29.9 Å². The molecule has 0 spiro atoms. The van der Waals surface area contributed by atoms with Gasteiger partial charge in [0.25, 0.3) is 0 Å². The van der Waals surface area contributed by atoms with Crippen LogP contribution < -0.4 is 4.68 Å². The minimum absolute atomic E-state index is 0.773. The van der Waals surface area contributed by atoms with Gasteiger partial charge in [-0.15, -0.1) is 4.68 Å². The van der Waals surface area contributed by atoms with Crippen LogP contribution in [0.5, 0.6) is 0 Å². The van der Waals surface area contributed by atoms with Gasteiger partial charge in [-0.1, -0.05) is 88.8 Å². The van der Waals surface area contributed by atoms with E-state index in [-0.39, 0.29) is 0 Å². The van der Waals surface area contributed by atoms with E-state index in [9.17, 15) is 0 Å². The van der Waals surface area contributed by atoms with Gasteiger partial charge in [-0.2, -0.15) is 0 Å². The topological polar surface area (TPSA) is 21.7 Å². The summed E-state index contributed by atoms with van der Waals surface area (Å²) in [6.45, 7) is 4.29. The minimum atomic E-state index is 0.773. The molecule has 0 aliphatic heterocycles. The van der Waals surface area contributed by atoms with Gasteiger partial charge in [0.2, 0.25) is 6.20 Å². The van der Waals surface area contributed by atoms with Crippen molar-refractivity contribution in [1.29, 1.82) is 0 Å². The van der Waals surface area contributed by atoms with Gasteiger partial charge in [0.05, 0.1) is 5.10 Å². The van der Waals surface area contributed by atoms with Crippen LogP contribution in [0.3, 0.4) is 0 Å². The maximum Gasteiger partial charge on any atom is 0.211 e. The van der Waals surface area contributed by atoms with Crippen LogP contribution in [0.2, 0.25) is 5.02 Å². The zero-order valence-corrected chi connectivity index (χ0v) is 18.6. The van der Waals surface area contributed by atoms with Crippen LogP contribution in [-0.2, 0) is 6.42 Å². The molecule has 0 atom stereocenters. The van der Waals surface area contributed by atoms with Crippen molar-refractivity contribution in [3.63, 3.8) is 0 Å². The molecule has 150 valence electrons. The lowest BCUT2D eigenvalue weighted by molar-refractivity contribution is -0.676. The molecule has 0 unspecified atom stereocenters. The quantitative estimate of drug-likeness (QED) is 0.223. The molecule has 0 bridgehead atoms. The lowest BCUT2D eigenvalue weighted by atomic mass is 10.0. The summed E-state index contributed by atoms with van der Waals surface area (Å²) in [5.41, 5.74) is 3.27. The van der Waals surface area contributed by atoms with Crippen molar-refractivity contribution in [1.82, 2.24) is 9.30 Å². The Hall–Kier alpha value is -1.00. The van der Waals surface area contributed by atoms with Crippen LogP contribution in [0.15, 0.2) is 24.4 Å².